The van der Waals surface area contributed by atoms with Crippen molar-refractivity contribution in [1.82, 2.24) is 20.0 Å². The Balaban J connectivity index is 1.82. The Bertz CT molecular complexity index is 287. The van der Waals surface area contributed by atoms with Gasteiger partial charge in [-0.25, -0.2) is 0 Å². The lowest BCUT2D eigenvalue weighted by atomic mass is 10.0. The third kappa shape index (κ3) is 4.16. The lowest BCUT2D eigenvalue weighted by molar-refractivity contribution is -0.134. The van der Waals surface area contributed by atoms with E-state index in [1.165, 1.54) is 19.3 Å². The van der Waals surface area contributed by atoms with Gasteiger partial charge in [0.2, 0.25) is 5.91 Å². The Morgan fingerprint density at radius 3 is 2.58 bits per heavy atom. The lowest BCUT2D eigenvalue weighted by Crippen LogP contribution is -2.53. The fourth-order valence-electron chi connectivity index (χ4n) is 3.06. The molecule has 2 heterocycles. The van der Waals surface area contributed by atoms with Crippen molar-refractivity contribution >= 4 is 5.91 Å². The number of likely N-dealkylation sites (N-methyl/N-ethyl adjacent to an activating group) is 2. The first-order valence-corrected chi connectivity index (χ1v) is 7.55. The van der Waals surface area contributed by atoms with Gasteiger partial charge in [-0.1, -0.05) is 6.42 Å². The van der Waals surface area contributed by atoms with Gasteiger partial charge >= 0.3 is 0 Å². The highest BCUT2D eigenvalue weighted by molar-refractivity contribution is 5.78. The van der Waals surface area contributed by atoms with Crippen LogP contribution in [0.1, 0.15) is 19.3 Å². The Morgan fingerprint density at radius 2 is 1.89 bits per heavy atom. The summed E-state index contributed by atoms with van der Waals surface area (Å²) in [6, 6.07) is 0.537. The molecule has 0 aliphatic carbocycles. The summed E-state index contributed by atoms with van der Waals surface area (Å²) in [6.07, 6.45) is 3.75. The first-order chi connectivity index (χ1) is 9.20. The monoisotopic (exact) mass is 268 g/mol. The van der Waals surface area contributed by atoms with Crippen LogP contribution in [0.2, 0.25) is 0 Å². The molecule has 0 saturated carbocycles. The van der Waals surface area contributed by atoms with Crippen molar-refractivity contribution < 1.29 is 4.79 Å². The summed E-state index contributed by atoms with van der Waals surface area (Å²) in [5, 5.41) is 3.25. The highest BCUT2D eigenvalue weighted by Gasteiger charge is 2.26. The molecule has 2 aliphatic rings. The standard InChI is InChI=1S/C14H28N4O/c1-15-11-13-5-3-4-6-18(13)12-14(19)17-9-7-16(2)8-10-17/h13,15H,3-12H2,1-2H3. The van der Waals surface area contributed by atoms with E-state index in [0.717, 1.165) is 39.3 Å². The number of likely N-dealkylation sites (tertiary alicyclic amines) is 1. The number of piperazine rings is 1. The maximum atomic E-state index is 12.4. The fourth-order valence-corrected chi connectivity index (χ4v) is 3.06. The van der Waals surface area contributed by atoms with E-state index in [0.29, 0.717) is 18.5 Å². The molecule has 2 aliphatic heterocycles. The molecule has 0 radical (unpaired) electrons. The molecule has 2 fully saturated rings. The number of nitrogens with one attached hydrogen (secondary N) is 1. The van der Waals surface area contributed by atoms with Crippen LogP contribution in [0.25, 0.3) is 0 Å². The number of carbonyl (C=O) groups is 1. The number of piperidine rings is 1. The topological polar surface area (TPSA) is 38.8 Å². The first kappa shape index (κ1) is 14.8. The van der Waals surface area contributed by atoms with Crippen molar-refractivity contribution in [3.63, 3.8) is 0 Å². The Kier molecular flexibility index (Phi) is 5.60. The molecule has 110 valence electrons. The second-order valence-corrected chi connectivity index (χ2v) is 5.86. The number of carbonyl (C=O) groups excluding carboxylic acids is 1. The molecule has 0 aromatic heterocycles. The van der Waals surface area contributed by atoms with Crippen molar-refractivity contribution in [2.24, 2.45) is 0 Å². The summed E-state index contributed by atoms with van der Waals surface area (Å²) in [5.74, 6) is 0.316. The van der Waals surface area contributed by atoms with Gasteiger partial charge in [0.05, 0.1) is 6.54 Å². The Hall–Kier alpha value is -0.650. The van der Waals surface area contributed by atoms with Gasteiger partial charge in [-0.3, -0.25) is 9.69 Å². The largest absolute Gasteiger partial charge is 0.339 e. The second kappa shape index (κ2) is 7.22. The second-order valence-electron chi connectivity index (χ2n) is 5.86. The normalized spacial score (nSPS) is 26.6. The summed E-state index contributed by atoms with van der Waals surface area (Å²) in [6.45, 7) is 6.47. The van der Waals surface area contributed by atoms with Gasteiger partial charge in [0.15, 0.2) is 0 Å². The van der Waals surface area contributed by atoms with Crippen molar-refractivity contribution in [2.45, 2.75) is 25.3 Å². The van der Waals surface area contributed by atoms with Gasteiger partial charge < -0.3 is 15.1 Å². The third-order valence-corrected chi connectivity index (χ3v) is 4.38. The van der Waals surface area contributed by atoms with Crippen LogP contribution < -0.4 is 5.32 Å². The molecule has 0 aromatic carbocycles. The van der Waals surface area contributed by atoms with Crippen LogP contribution in [0.15, 0.2) is 0 Å². The summed E-state index contributed by atoms with van der Waals surface area (Å²) in [7, 11) is 4.12. The van der Waals surface area contributed by atoms with Crippen molar-refractivity contribution in [3.05, 3.63) is 0 Å². The summed E-state index contributed by atoms with van der Waals surface area (Å²) >= 11 is 0. The maximum Gasteiger partial charge on any atom is 0.236 e. The smallest absolute Gasteiger partial charge is 0.236 e. The minimum Gasteiger partial charge on any atom is -0.339 e. The number of nitrogens with zero attached hydrogens (tertiary/aromatic N) is 3. The van der Waals surface area contributed by atoms with Crippen LogP contribution in [0.5, 0.6) is 0 Å². The maximum absolute atomic E-state index is 12.4. The summed E-state index contributed by atoms with van der Waals surface area (Å²) in [5.41, 5.74) is 0. The molecule has 1 atom stereocenters. The molecule has 2 saturated heterocycles. The molecular weight excluding hydrogens is 240 g/mol. The first-order valence-electron chi connectivity index (χ1n) is 7.55. The summed E-state index contributed by atoms with van der Waals surface area (Å²) < 4.78 is 0. The predicted molar refractivity (Wildman–Crippen MR) is 77.2 cm³/mol. The van der Waals surface area contributed by atoms with Crippen molar-refractivity contribution in [1.29, 1.82) is 0 Å². The van der Waals surface area contributed by atoms with Gasteiger partial charge in [-0.15, -0.1) is 0 Å². The van der Waals surface area contributed by atoms with Gasteiger partial charge in [-0.05, 0) is 33.5 Å². The van der Waals surface area contributed by atoms with Crippen molar-refractivity contribution in [2.75, 3.05) is 59.9 Å². The zero-order chi connectivity index (χ0) is 13.7. The van der Waals surface area contributed by atoms with Gasteiger partial charge in [-0.2, -0.15) is 0 Å². The molecule has 0 bridgehead atoms. The Labute approximate surface area is 116 Å². The van der Waals surface area contributed by atoms with E-state index in [1.807, 2.05) is 11.9 Å². The van der Waals surface area contributed by atoms with E-state index in [9.17, 15) is 4.79 Å². The summed E-state index contributed by atoms with van der Waals surface area (Å²) in [4.78, 5) is 19.1. The van der Waals surface area contributed by atoms with Gasteiger partial charge in [0.25, 0.3) is 0 Å². The quantitative estimate of drug-likeness (QED) is 0.769. The molecule has 19 heavy (non-hydrogen) atoms. The SMILES string of the molecule is CNCC1CCCCN1CC(=O)N1CCN(C)CC1. The van der Waals surface area contributed by atoms with E-state index in [2.05, 4.69) is 22.2 Å². The number of hydrogen-bond donors (Lipinski definition) is 1. The number of rotatable bonds is 4. The minimum absolute atomic E-state index is 0.316. The molecular formula is C14H28N4O. The van der Waals surface area contributed by atoms with Gasteiger partial charge in [0, 0.05) is 38.8 Å². The van der Waals surface area contributed by atoms with E-state index in [4.69, 9.17) is 0 Å². The van der Waals surface area contributed by atoms with E-state index in [1.54, 1.807) is 0 Å². The molecule has 1 amide bonds. The lowest BCUT2D eigenvalue weighted by Gasteiger charge is -2.38. The fraction of sp³-hybridized carbons (Fsp3) is 0.929. The van der Waals surface area contributed by atoms with Crippen LogP contribution in [0.4, 0.5) is 0 Å². The zero-order valence-corrected chi connectivity index (χ0v) is 12.4. The van der Waals surface area contributed by atoms with Gasteiger partial charge in [0.1, 0.15) is 0 Å². The number of amides is 1. The molecule has 1 unspecified atom stereocenters. The van der Waals surface area contributed by atoms with Crippen LogP contribution in [-0.2, 0) is 4.79 Å². The third-order valence-electron chi connectivity index (χ3n) is 4.38. The van der Waals surface area contributed by atoms with Crippen LogP contribution in [-0.4, -0.2) is 86.6 Å². The highest BCUT2D eigenvalue weighted by Crippen LogP contribution is 2.16. The van der Waals surface area contributed by atoms with Crippen LogP contribution >= 0.6 is 0 Å². The zero-order valence-electron chi connectivity index (χ0n) is 12.4. The molecule has 5 heteroatoms. The molecule has 1 N–H and O–H groups in total. The minimum atomic E-state index is 0.316. The highest BCUT2D eigenvalue weighted by atomic mass is 16.2. The van der Waals surface area contributed by atoms with Crippen LogP contribution in [0, 0.1) is 0 Å². The molecule has 5 nitrogen and oxygen atoms in total. The molecule has 2 rings (SSSR count). The van der Waals surface area contributed by atoms with Crippen molar-refractivity contribution in [3.8, 4) is 0 Å². The average molecular weight is 268 g/mol. The van der Waals surface area contributed by atoms with E-state index in [-0.39, 0.29) is 0 Å². The van der Waals surface area contributed by atoms with E-state index >= 15 is 0 Å². The molecule has 0 spiro atoms. The van der Waals surface area contributed by atoms with Crippen LogP contribution in [0.3, 0.4) is 0 Å². The Morgan fingerprint density at radius 1 is 1.16 bits per heavy atom. The molecule has 0 aromatic rings. The number of hydrogen-bond acceptors (Lipinski definition) is 4. The predicted octanol–water partition coefficient (Wildman–Crippen LogP) is -0.166. The van der Waals surface area contributed by atoms with E-state index < -0.39 is 0 Å². The average Bonchev–Trinajstić information content (AvgIpc) is 2.42.